The van der Waals surface area contributed by atoms with Gasteiger partial charge in [-0.05, 0) is 79.2 Å². The molecule has 9 aromatic rings. The van der Waals surface area contributed by atoms with E-state index < -0.39 is 0 Å². The van der Waals surface area contributed by atoms with Crippen molar-refractivity contribution in [1.82, 2.24) is 0 Å². The van der Waals surface area contributed by atoms with Crippen molar-refractivity contribution < 1.29 is 8.83 Å². The quantitative estimate of drug-likeness (QED) is 0.210. The molecule has 0 radical (unpaired) electrons. The second kappa shape index (κ2) is 8.95. The molecule has 42 heavy (non-hydrogen) atoms. The molecule has 2 heterocycles. The van der Waals surface area contributed by atoms with Crippen molar-refractivity contribution in [2.75, 3.05) is 0 Å². The molecule has 0 atom stereocenters. The van der Waals surface area contributed by atoms with Crippen molar-refractivity contribution in [3.63, 3.8) is 0 Å². The van der Waals surface area contributed by atoms with E-state index in [1.165, 1.54) is 49.4 Å². The van der Waals surface area contributed by atoms with E-state index >= 15 is 0 Å². The van der Waals surface area contributed by atoms with Crippen molar-refractivity contribution in [2.24, 2.45) is 0 Å². The van der Waals surface area contributed by atoms with Crippen LogP contribution in [0.15, 0.2) is 155 Å². The van der Waals surface area contributed by atoms with Gasteiger partial charge >= 0.3 is 0 Å². The summed E-state index contributed by atoms with van der Waals surface area (Å²) in [6.45, 7) is 0. The Hall–Kier alpha value is -5.60. The highest BCUT2D eigenvalue weighted by Crippen LogP contribution is 2.48. The summed E-state index contributed by atoms with van der Waals surface area (Å²) in [5, 5.41) is 8.03. The summed E-state index contributed by atoms with van der Waals surface area (Å²) in [7, 11) is 0. The molecule has 0 saturated carbocycles. The van der Waals surface area contributed by atoms with Gasteiger partial charge < -0.3 is 8.83 Å². The molecule has 0 saturated heterocycles. The molecule has 0 spiro atoms. The van der Waals surface area contributed by atoms with Crippen molar-refractivity contribution >= 4 is 54.5 Å². The molecule has 2 heteroatoms. The molecule has 0 aliphatic carbocycles. The third-order valence-electron chi connectivity index (χ3n) is 8.54. The van der Waals surface area contributed by atoms with Gasteiger partial charge in [-0.2, -0.15) is 0 Å². The molecular formula is C40H24O2. The summed E-state index contributed by atoms with van der Waals surface area (Å²) in [6.07, 6.45) is 1.79. The molecule has 9 rings (SSSR count). The summed E-state index contributed by atoms with van der Waals surface area (Å²) in [4.78, 5) is 0. The number of furan rings is 2. The summed E-state index contributed by atoms with van der Waals surface area (Å²) >= 11 is 0. The Morgan fingerprint density at radius 1 is 0.381 bits per heavy atom. The minimum absolute atomic E-state index is 0.835. The number of hydrogen-bond donors (Lipinski definition) is 0. The second-order valence-corrected chi connectivity index (χ2v) is 10.8. The zero-order valence-electron chi connectivity index (χ0n) is 22.7. The second-order valence-electron chi connectivity index (χ2n) is 10.8. The summed E-state index contributed by atoms with van der Waals surface area (Å²) < 4.78 is 12.6. The van der Waals surface area contributed by atoms with Gasteiger partial charge in [0.05, 0.1) is 11.6 Å². The van der Waals surface area contributed by atoms with Crippen LogP contribution in [0.25, 0.3) is 87.8 Å². The van der Waals surface area contributed by atoms with E-state index in [0.29, 0.717) is 0 Å². The molecule has 0 bridgehead atoms. The first-order valence-electron chi connectivity index (χ1n) is 14.3. The van der Waals surface area contributed by atoms with E-state index in [9.17, 15) is 0 Å². The standard InChI is InChI=1S/C40H24O2/c1-2-11-25(12-3-1)26-13-10-14-27(23-26)37-28-15-4-6-17-30(28)38(31-18-7-5-16-29(31)37)34-24-36-39(40-32(34)21-22-41-40)33-19-8-9-20-35(33)42-36/h1-24H. The number of rotatable bonds is 3. The van der Waals surface area contributed by atoms with E-state index in [0.717, 1.165) is 38.5 Å². The van der Waals surface area contributed by atoms with Crippen molar-refractivity contribution in [1.29, 1.82) is 0 Å². The normalized spacial score (nSPS) is 11.8. The zero-order chi connectivity index (χ0) is 27.6. The van der Waals surface area contributed by atoms with Crippen molar-refractivity contribution in [3.05, 3.63) is 146 Å². The fourth-order valence-electron chi connectivity index (χ4n) is 6.75. The predicted octanol–water partition coefficient (Wildman–Crippen LogP) is 11.6. The molecule has 0 N–H and O–H groups in total. The van der Waals surface area contributed by atoms with Crippen LogP contribution in [0, 0.1) is 0 Å². The first-order chi connectivity index (χ1) is 20.8. The number of para-hydroxylation sites is 1. The Morgan fingerprint density at radius 3 is 1.71 bits per heavy atom. The zero-order valence-corrected chi connectivity index (χ0v) is 22.7. The Labute approximate surface area is 242 Å². The van der Waals surface area contributed by atoms with E-state index in [1.807, 2.05) is 18.2 Å². The SMILES string of the molecule is c1ccc(-c2cccc(-c3c4ccccc4c(-c4cc5oc6ccccc6c5c5occc45)c4ccccc34)c2)cc1. The largest absolute Gasteiger partial charge is 0.464 e. The summed E-state index contributed by atoms with van der Waals surface area (Å²) in [5.74, 6) is 0. The highest BCUT2D eigenvalue weighted by molar-refractivity contribution is 6.27. The lowest BCUT2D eigenvalue weighted by molar-refractivity contribution is 0.618. The van der Waals surface area contributed by atoms with E-state index in [2.05, 4.69) is 121 Å². The molecular weight excluding hydrogens is 512 g/mol. The molecule has 0 fully saturated rings. The Bertz CT molecular complexity index is 2400. The van der Waals surface area contributed by atoms with Gasteiger partial charge in [-0.1, -0.05) is 115 Å². The van der Waals surface area contributed by atoms with Crippen molar-refractivity contribution in [2.45, 2.75) is 0 Å². The number of benzene rings is 7. The van der Waals surface area contributed by atoms with Crippen LogP contribution in [-0.4, -0.2) is 0 Å². The van der Waals surface area contributed by atoms with E-state index in [1.54, 1.807) is 6.26 Å². The third kappa shape index (κ3) is 3.33. The average Bonchev–Trinajstić information content (AvgIpc) is 3.69. The molecule has 0 aliphatic heterocycles. The lowest BCUT2D eigenvalue weighted by Crippen LogP contribution is -1.91. The van der Waals surface area contributed by atoms with Gasteiger partial charge in [0.2, 0.25) is 0 Å². The first kappa shape index (κ1) is 23.1. The van der Waals surface area contributed by atoms with Gasteiger partial charge in [0.25, 0.3) is 0 Å². The van der Waals surface area contributed by atoms with Crippen molar-refractivity contribution in [3.8, 4) is 33.4 Å². The van der Waals surface area contributed by atoms with Crippen LogP contribution < -0.4 is 0 Å². The minimum atomic E-state index is 0.835. The summed E-state index contributed by atoms with van der Waals surface area (Å²) in [6, 6.07) is 49.5. The molecule has 0 unspecified atom stereocenters. The topological polar surface area (TPSA) is 26.3 Å². The first-order valence-corrected chi connectivity index (χ1v) is 14.3. The maximum absolute atomic E-state index is 6.40. The highest BCUT2D eigenvalue weighted by atomic mass is 16.3. The average molecular weight is 537 g/mol. The maximum atomic E-state index is 6.40. The molecule has 0 amide bonds. The minimum Gasteiger partial charge on any atom is -0.464 e. The lowest BCUT2D eigenvalue weighted by atomic mass is 9.84. The van der Waals surface area contributed by atoms with Crippen LogP contribution in [0.2, 0.25) is 0 Å². The van der Waals surface area contributed by atoms with Crippen LogP contribution >= 0.6 is 0 Å². The van der Waals surface area contributed by atoms with E-state index in [-0.39, 0.29) is 0 Å². The van der Waals surface area contributed by atoms with Gasteiger partial charge in [-0.25, -0.2) is 0 Å². The molecule has 2 aromatic heterocycles. The molecule has 7 aromatic carbocycles. The van der Waals surface area contributed by atoms with Gasteiger partial charge in [0.1, 0.15) is 16.7 Å². The van der Waals surface area contributed by atoms with Gasteiger partial charge in [0, 0.05) is 10.8 Å². The lowest BCUT2D eigenvalue weighted by Gasteiger charge is -2.18. The molecule has 196 valence electrons. The Balaban J connectivity index is 1.40. The Kier molecular flexibility index (Phi) is 4.93. The van der Waals surface area contributed by atoms with E-state index in [4.69, 9.17) is 8.83 Å². The predicted molar refractivity (Wildman–Crippen MR) is 175 cm³/mol. The van der Waals surface area contributed by atoms with Crippen LogP contribution in [0.4, 0.5) is 0 Å². The van der Waals surface area contributed by atoms with Crippen LogP contribution in [-0.2, 0) is 0 Å². The monoisotopic (exact) mass is 536 g/mol. The maximum Gasteiger partial charge on any atom is 0.146 e. The fourth-order valence-corrected chi connectivity index (χ4v) is 6.75. The smallest absolute Gasteiger partial charge is 0.146 e. The van der Waals surface area contributed by atoms with Crippen LogP contribution in [0.5, 0.6) is 0 Å². The van der Waals surface area contributed by atoms with Gasteiger partial charge in [0.15, 0.2) is 0 Å². The number of fused-ring (bicyclic) bond motifs is 7. The van der Waals surface area contributed by atoms with Crippen LogP contribution in [0.1, 0.15) is 0 Å². The summed E-state index contributed by atoms with van der Waals surface area (Å²) in [5.41, 5.74) is 9.74. The third-order valence-corrected chi connectivity index (χ3v) is 8.54. The van der Waals surface area contributed by atoms with Gasteiger partial charge in [-0.15, -0.1) is 0 Å². The Morgan fingerprint density at radius 2 is 0.976 bits per heavy atom. The van der Waals surface area contributed by atoms with Gasteiger partial charge in [-0.3, -0.25) is 0 Å². The number of hydrogen-bond acceptors (Lipinski definition) is 2. The molecule has 2 nitrogen and oxygen atoms in total. The molecule has 0 aliphatic rings. The fraction of sp³-hybridized carbons (Fsp3) is 0. The highest BCUT2D eigenvalue weighted by Gasteiger charge is 2.22. The van der Waals surface area contributed by atoms with Crippen LogP contribution in [0.3, 0.4) is 0 Å².